The fraction of sp³-hybridized carbons (Fsp3) is 0.438. The lowest BCUT2D eigenvalue weighted by Gasteiger charge is -2.28. The highest BCUT2D eigenvalue weighted by atomic mass is 35.5. The number of rotatable bonds is 4. The van der Waals surface area contributed by atoms with Crippen LogP contribution in [0.4, 0.5) is 0 Å². The van der Waals surface area contributed by atoms with Crippen molar-refractivity contribution in [3.05, 3.63) is 51.3 Å². The third-order valence-electron chi connectivity index (χ3n) is 3.83. The SMILES string of the molecule is CCCc1ncc2c(n1)CN(Cc1ccc(Cl)nc1Cl)CC2. The van der Waals surface area contributed by atoms with E-state index < -0.39 is 0 Å². The topological polar surface area (TPSA) is 41.9 Å². The van der Waals surface area contributed by atoms with Gasteiger partial charge in [-0.25, -0.2) is 15.0 Å². The average molecular weight is 337 g/mol. The summed E-state index contributed by atoms with van der Waals surface area (Å²) in [4.78, 5) is 15.6. The van der Waals surface area contributed by atoms with Crippen LogP contribution in [0, 0.1) is 0 Å². The molecule has 0 aromatic carbocycles. The first-order valence-corrected chi connectivity index (χ1v) is 8.28. The number of pyridine rings is 1. The minimum absolute atomic E-state index is 0.426. The van der Waals surface area contributed by atoms with E-state index in [0.717, 1.165) is 56.0 Å². The van der Waals surface area contributed by atoms with Gasteiger partial charge >= 0.3 is 0 Å². The molecular weight excluding hydrogens is 319 g/mol. The summed E-state index contributed by atoms with van der Waals surface area (Å²) in [5, 5.41) is 0.905. The Labute approximate surface area is 140 Å². The lowest BCUT2D eigenvalue weighted by Crippen LogP contribution is -2.31. The summed E-state index contributed by atoms with van der Waals surface area (Å²) in [6.07, 6.45) is 4.95. The third-order valence-corrected chi connectivity index (χ3v) is 4.37. The number of fused-ring (bicyclic) bond motifs is 1. The molecule has 0 atom stereocenters. The van der Waals surface area contributed by atoms with Crippen LogP contribution in [0.2, 0.25) is 10.3 Å². The largest absolute Gasteiger partial charge is 0.293 e. The number of hydrogen-bond donors (Lipinski definition) is 0. The van der Waals surface area contributed by atoms with E-state index >= 15 is 0 Å². The first-order chi connectivity index (χ1) is 10.7. The number of halogens is 2. The van der Waals surface area contributed by atoms with E-state index in [9.17, 15) is 0 Å². The van der Waals surface area contributed by atoms with Crippen molar-refractivity contribution in [1.29, 1.82) is 0 Å². The molecule has 0 saturated heterocycles. The molecule has 0 N–H and O–H groups in total. The van der Waals surface area contributed by atoms with Crippen LogP contribution in [0.5, 0.6) is 0 Å². The average Bonchev–Trinajstić information content (AvgIpc) is 2.50. The van der Waals surface area contributed by atoms with Crippen LogP contribution in [0.1, 0.15) is 36.0 Å². The molecule has 22 heavy (non-hydrogen) atoms. The summed E-state index contributed by atoms with van der Waals surface area (Å²) in [6, 6.07) is 3.72. The maximum atomic E-state index is 6.17. The fourth-order valence-electron chi connectivity index (χ4n) is 2.68. The molecule has 0 radical (unpaired) electrons. The van der Waals surface area contributed by atoms with Crippen molar-refractivity contribution in [2.45, 2.75) is 39.3 Å². The first kappa shape index (κ1) is 15.7. The molecule has 0 bridgehead atoms. The molecule has 0 aliphatic carbocycles. The summed E-state index contributed by atoms with van der Waals surface area (Å²) in [5.74, 6) is 0.939. The van der Waals surface area contributed by atoms with Crippen molar-refractivity contribution < 1.29 is 0 Å². The van der Waals surface area contributed by atoms with Crippen molar-refractivity contribution in [1.82, 2.24) is 19.9 Å². The van der Waals surface area contributed by atoms with Crippen LogP contribution in [-0.4, -0.2) is 26.4 Å². The Morgan fingerprint density at radius 2 is 2.09 bits per heavy atom. The van der Waals surface area contributed by atoms with Gasteiger partial charge in [-0.3, -0.25) is 4.90 Å². The van der Waals surface area contributed by atoms with Crippen LogP contribution in [0.3, 0.4) is 0 Å². The zero-order valence-electron chi connectivity index (χ0n) is 12.5. The monoisotopic (exact) mass is 336 g/mol. The molecule has 1 aliphatic rings. The molecular formula is C16H18Cl2N4. The van der Waals surface area contributed by atoms with Crippen molar-refractivity contribution in [3.8, 4) is 0 Å². The van der Waals surface area contributed by atoms with Crippen molar-refractivity contribution in [2.24, 2.45) is 0 Å². The standard InChI is InChI=1S/C16H18Cl2N4/c1-2-3-15-19-8-11-6-7-22(10-13(11)20-15)9-12-4-5-14(17)21-16(12)18/h4-5,8H,2-3,6-7,9-10H2,1H3. The highest BCUT2D eigenvalue weighted by Crippen LogP contribution is 2.22. The second-order valence-electron chi connectivity index (χ2n) is 5.55. The zero-order valence-corrected chi connectivity index (χ0v) is 14.0. The van der Waals surface area contributed by atoms with E-state index in [1.165, 1.54) is 5.56 Å². The summed E-state index contributed by atoms with van der Waals surface area (Å²) < 4.78 is 0. The van der Waals surface area contributed by atoms with E-state index in [1.807, 2.05) is 12.3 Å². The molecule has 4 nitrogen and oxygen atoms in total. The van der Waals surface area contributed by atoms with Crippen molar-refractivity contribution in [3.63, 3.8) is 0 Å². The zero-order chi connectivity index (χ0) is 15.5. The molecule has 0 unspecified atom stereocenters. The van der Waals surface area contributed by atoms with Crippen LogP contribution in [0.15, 0.2) is 18.3 Å². The van der Waals surface area contributed by atoms with Crippen LogP contribution in [-0.2, 0) is 25.9 Å². The minimum Gasteiger partial charge on any atom is -0.293 e. The number of aromatic nitrogens is 3. The van der Waals surface area contributed by atoms with Crippen LogP contribution >= 0.6 is 23.2 Å². The molecule has 0 fully saturated rings. The molecule has 0 amide bonds. The molecule has 1 aliphatic heterocycles. The molecule has 3 heterocycles. The minimum atomic E-state index is 0.426. The third kappa shape index (κ3) is 3.57. The molecule has 3 rings (SSSR count). The second-order valence-corrected chi connectivity index (χ2v) is 6.30. The lowest BCUT2D eigenvalue weighted by atomic mass is 10.1. The van der Waals surface area contributed by atoms with E-state index in [0.29, 0.717) is 10.3 Å². The fourth-order valence-corrected chi connectivity index (χ4v) is 3.08. The van der Waals surface area contributed by atoms with E-state index in [2.05, 4.69) is 21.8 Å². The van der Waals surface area contributed by atoms with Crippen LogP contribution in [0.25, 0.3) is 0 Å². The van der Waals surface area contributed by atoms with Crippen molar-refractivity contribution in [2.75, 3.05) is 6.54 Å². The van der Waals surface area contributed by atoms with Crippen LogP contribution < -0.4 is 0 Å². The van der Waals surface area contributed by atoms with Gasteiger partial charge in [-0.1, -0.05) is 36.2 Å². The predicted octanol–water partition coefficient (Wildman–Crippen LogP) is 3.69. The van der Waals surface area contributed by atoms with Gasteiger partial charge < -0.3 is 0 Å². The lowest BCUT2D eigenvalue weighted by molar-refractivity contribution is 0.240. The summed E-state index contributed by atoms with van der Waals surface area (Å²) in [5.41, 5.74) is 3.40. The quantitative estimate of drug-likeness (QED) is 0.798. The summed E-state index contributed by atoms with van der Waals surface area (Å²) in [7, 11) is 0. The van der Waals surface area contributed by atoms with E-state index in [4.69, 9.17) is 28.2 Å². The van der Waals surface area contributed by atoms with Crippen molar-refractivity contribution >= 4 is 23.2 Å². The molecule has 6 heteroatoms. The Bertz CT molecular complexity index is 675. The second kappa shape index (κ2) is 6.90. The molecule has 0 spiro atoms. The van der Waals surface area contributed by atoms with E-state index in [-0.39, 0.29) is 0 Å². The molecule has 2 aromatic rings. The Morgan fingerprint density at radius 3 is 2.86 bits per heavy atom. The van der Waals surface area contributed by atoms with Gasteiger partial charge in [0.05, 0.1) is 5.69 Å². The van der Waals surface area contributed by atoms with Gasteiger partial charge in [0.2, 0.25) is 0 Å². The first-order valence-electron chi connectivity index (χ1n) is 7.52. The predicted molar refractivity (Wildman–Crippen MR) is 88.1 cm³/mol. The molecule has 0 saturated carbocycles. The highest BCUT2D eigenvalue weighted by Gasteiger charge is 2.19. The van der Waals surface area contributed by atoms with Gasteiger partial charge in [0.15, 0.2) is 0 Å². The number of hydrogen-bond acceptors (Lipinski definition) is 4. The van der Waals surface area contributed by atoms with Gasteiger partial charge in [0.25, 0.3) is 0 Å². The summed E-state index contributed by atoms with van der Waals surface area (Å²) in [6.45, 7) is 4.70. The Kier molecular flexibility index (Phi) is 4.91. The van der Waals surface area contributed by atoms with Gasteiger partial charge in [-0.15, -0.1) is 0 Å². The Morgan fingerprint density at radius 1 is 1.23 bits per heavy atom. The molecule has 2 aromatic heterocycles. The van der Waals surface area contributed by atoms with Gasteiger partial charge in [0, 0.05) is 37.8 Å². The van der Waals surface area contributed by atoms with Gasteiger partial charge in [-0.2, -0.15) is 0 Å². The normalized spacial score (nSPS) is 14.9. The number of aryl methyl sites for hydroxylation is 1. The Hall–Kier alpha value is -1.23. The Balaban J connectivity index is 1.74. The number of nitrogens with zero attached hydrogens (tertiary/aromatic N) is 4. The highest BCUT2D eigenvalue weighted by molar-refractivity contribution is 6.32. The molecule has 116 valence electrons. The summed E-state index contributed by atoms with van der Waals surface area (Å²) >= 11 is 12.0. The maximum absolute atomic E-state index is 6.17. The smallest absolute Gasteiger partial charge is 0.135 e. The maximum Gasteiger partial charge on any atom is 0.135 e. The van der Waals surface area contributed by atoms with E-state index in [1.54, 1.807) is 6.07 Å². The van der Waals surface area contributed by atoms with Gasteiger partial charge in [0.1, 0.15) is 16.1 Å². The van der Waals surface area contributed by atoms with Gasteiger partial charge in [-0.05, 0) is 24.5 Å².